The summed E-state index contributed by atoms with van der Waals surface area (Å²) < 4.78 is 47.5. The Bertz CT molecular complexity index is 670. The molecule has 0 radical (unpaired) electrons. The zero-order valence-corrected chi connectivity index (χ0v) is 24.3. The van der Waals surface area contributed by atoms with Gasteiger partial charge in [0.05, 0.1) is 81.4 Å². The van der Waals surface area contributed by atoms with E-state index in [1.807, 2.05) is 27.7 Å². The van der Waals surface area contributed by atoms with Gasteiger partial charge in [0, 0.05) is 12.8 Å². The van der Waals surface area contributed by atoms with Gasteiger partial charge in [-0.1, -0.05) is 0 Å². The van der Waals surface area contributed by atoms with Crippen LogP contribution < -0.4 is 0 Å². The standard InChI is InChI=1S/2C14H26O4/c1-9(2)15-7-14-6-12(17-10(3)4)13(16-8-14)11(5)18-14;1-9(2)15-7-14-8-16-12(11(5)18-14)6-13(14)17-10(3)4/h2*9-13H,6-8H2,1-5H3/t11-,12-,13-,14+;11-,12?,13-,14+/m00/s1. The molecule has 0 N–H and O–H groups in total. The van der Waals surface area contributed by atoms with E-state index in [1.54, 1.807) is 0 Å². The van der Waals surface area contributed by atoms with E-state index in [9.17, 15) is 0 Å². The average molecular weight is 517 g/mol. The minimum atomic E-state index is -0.428. The summed E-state index contributed by atoms with van der Waals surface area (Å²) in [6.07, 6.45) is 3.21. The molecule has 0 aromatic rings. The smallest absolute Gasteiger partial charge is 0.141 e. The van der Waals surface area contributed by atoms with Crippen molar-refractivity contribution in [2.45, 2.75) is 154 Å². The minimum absolute atomic E-state index is 0.0633. The highest BCUT2D eigenvalue weighted by atomic mass is 16.6. The van der Waals surface area contributed by atoms with E-state index in [0.29, 0.717) is 26.4 Å². The normalized spacial score (nSPS) is 39.8. The molecular formula is C28H52O8. The van der Waals surface area contributed by atoms with E-state index in [4.69, 9.17) is 37.9 Å². The molecule has 0 aliphatic carbocycles. The maximum absolute atomic E-state index is 6.16. The van der Waals surface area contributed by atoms with E-state index in [0.717, 1.165) is 12.8 Å². The molecule has 8 atom stereocenters. The molecule has 6 rings (SSSR count). The SMILES string of the molecule is CC(C)OC[C@@]12COC(C[C@@H]1OC(C)C)[C@H](C)O2.CC(C)OC[C@]12CO[C@@H]([C@H](C)O1)[C@@H](OC(C)C)C2. The van der Waals surface area contributed by atoms with Crippen molar-refractivity contribution in [3.63, 3.8) is 0 Å². The summed E-state index contributed by atoms with van der Waals surface area (Å²) >= 11 is 0. The Balaban J connectivity index is 0.000000201. The van der Waals surface area contributed by atoms with Crippen LogP contribution >= 0.6 is 0 Å². The molecule has 212 valence electrons. The van der Waals surface area contributed by atoms with Gasteiger partial charge in [0.25, 0.3) is 0 Å². The highest BCUT2D eigenvalue weighted by Gasteiger charge is 2.55. The molecule has 6 aliphatic heterocycles. The van der Waals surface area contributed by atoms with Crippen molar-refractivity contribution in [3.8, 4) is 0 Å². The van der Waals surface area contributed by atoms with Gasteiger partial charge in [-0.15, -0.1) is 0 Å². The van der Waals surface area contributed by atoms with Crippen LogP contribution in [0.3, 0.4) is 0 Å². The van der Waals surface area contributed by atoms with Crippen LogP contribution in [0.4, 0.5) is 0 Å². The highest BCUT2D eigenvalue weighted by molar-refractivity contribution is 5.02. The van der Waals surface area contributed by atoms with Crippen molar-refractivity contribution < 1.29 is 37.9 Å². The number of fused-ring (bicyclic) bond motifs is 6. The molecule has 0 saturated carbocycles. The molecule has 6 aliphatic rings. The van der Waals surface area contributed by atoms with Crippen molar-refractivity contribution in [2.24, 2.45) is 0 Å². The maximum Gasteiger partial charge on any atom is 0.141 e. The van der Waals surface area contributed by atoms with Gasteiger partial charge in [0.1, 0.15) is 17.3 Å². The number of ether oxygens (including phenoxy) is 8. The summed E-state index contributed by atoms with van der Waals surface area (Å²) in [7, 11) is 0. The third-order valence-electron chi connectivity index (χ3n) is 7.12. The van der Waals surface area contributed by atoms with Crippen LogP contribution in [0.5, 0.6) is 0 Å². The summed E-state index contributed by atoms with van der Waals surface area (Å²) in [6.45, 7) is 22.8. The predicted molar refractivity (Wildman–Crippen MR) is 137 cm³/mol. The Morgan fingerprint density at radius 2 is 1.36 bits per heavy atom. The van der Waals surface area contributed by atoms with Crippen LogP contribution in [0.25, 0.3) is 0 Å². The third-order valence-corrected chi connectivity index (χ3v) is 7.12. The Kier molecular flexibility index (Phi) is 10.7. The first-order valence-electron chi connectivity index (χ1n) is 14.0. The largest absolute Gasteiger partial charge is 0.376 e. The van der Waals surface area contributed by atoms with Crippen LogP contribution in [0.2, 0.25) is 0 Å². The molecule has 4 bridgehead atoms. The summed E-state index contributed by atoms with van der Waals surface area (Å²) in [5.74, 6) is 0. The first kappa shape index (κ1) is 30.2. The summed E-state index contributed by atoms with van der Waals surface area (Å²) in [6, 6.07) is 0. The molecule has 8 heteroatoms. The fourth-order valence-corrected chi connectivity index (χ4v) is 5.51. The molecule has 8 nitrogen and oxygen atoms in total. The quantitative estimate of drug-likeness (QED) is 0.426. The fourth-order valence-electron chi connectivity index (χ4n) is 5.51. The lowest BCUT2D eigenvalue weighted by atomic mass is 9.85. The third kappa shape index (κ3) is 7.63. The van der Waals surface area contributed by atoms with Crippen molar-refractivity contribution in [2.75, 3.05) is 26.4 Å². The number of rotatable bonds is 10. The molecule has 0 aromatic carbocycles. The van der Waals surface area contributed by atoms with E-state index < -0.39 is 5.60 Å². The Hall–Kier alpha value is -0.320. The molecule has 0 aromatic heterocycles. The monoisotopic (exact) mass is 516 g/mol. The van der Waals surface area contributed by atoms with Gasteiger partial charge in [-0.2, -0.15) is 0 Å². The molecule has 6 heterocycles. The van der Waals surface area contributed by atoms with Crippen molar-refractivity contribution in [3.05, 3.63) is 0 Å². The fraction of sp³-hybridized carbons (Fsp3) is 1.00. The zero-order chi connectivity index (χ0) is 26.7. The van der Waals surface area contributed by atoms with Crippen LogP contribution in [-0.4, -0.2) is 98.7 Å². The summed E-state index contributed by atoms with van der Waals surface area (Å²) in [5.41, 5.74) is -0.749. The highest BCUT2D eigenvalue weighted by Crippen LogP contribution is 2.40. The van der Waals surface area contributed by atoms with E-state index in [1.165, 1.54) is 0 Å². The molecule has 0 amide bonds. The summed E-state index contributed by atoms with van der Waals surface area (Å²) in [5, 5.41) is 0. The molecule has 6 fully saturated rings. The second-order valence-electron chi connectivity index (χ2n) is 12.1. The average Bonchev–Trinajstić information content (AvgIpc) is 2.77. The van der Waals surface area contributed by atoms with Crippen molar-refractivity contribution in [1.29, 1.82) is 0 Å². The summed E-state index contributed by atoms with van der Waals surface area (Å²) in [4.78, 5) is 0. The van der Waals surface area contributed by atoms with Gasteiger partial charge < -0.3 is 37.9 Å². The molecule has 0 spiro atoms. The van der Waals surface area contributed by atoms with E-state index in [-0.39, 0.29) is 66.6 Å². The Morgan fingerprint density at radius 3 is 1.92 bits per heavy atom. The second kappa shape index (κ2) is 12.7. The van der Waals surface area contributed by atoms with Crippen molar-refractivity contribution >= 4 is 0 Å². The van der Waals surface area contributed by atoms with E-state index in [2.05, 4.69) is 41.5 Å². The Morgan fingerprint density at radius 1 is 0.722 bits per heavy atom. The van der Waals surface area contributed by atoms with Crippen LogP contribution in [0.15, 0.2) is 0 Å². The first-order chi connectivity index (χ1) is 16.8. The Labute approximate surface area is 218 Å². The van der Waals surface area contributed by atoms with Crippen LogP contribution in [0.1, 0.15) is 82.1 Å². The van der Waals surface area contributed by atoms with Crippen LogP contribution in [-0.2, 0) is 37.9 Å². The number of hydrogen-bond acceptors (Lipinski definition) is 8. The predicted octanol–water partition coefficient (Wildman–Crippen LogP) is 4.30. The molecular weight excluding hydrogens is 464 g/mol. The van der Waals surface area contributed by atoms with Gasteiger partial charge in [-0.05, 0) is 69.2 Å². The molecule has 6 saturated heterocycles. The van der Waals surface area contributed by atoms with Gasteiger partial charge in [0.2, 0.25) is 0 Å². The van der Waals surface area contributed by atoms with E-state index >= 15 is 0 Å². The number of hydrogen-bond donors (Lipinski definition) is 0. The lowest BCUT2D eigenvalue weighted by molar-refractivity contribution is -0.328. The van der Waals surface area contributed by atoms with Gasteiger partial charge in [-0.3, -0.25) is 0 Å². The van der Waals surface area contributed by atoms with Crippen LogP contribution in [0, 0.1) is 0 Å². The van der Waals surface area contributed by atoms with Gasteiger partial charge in [0.15, 0.2) is 0 Å². The second-order valence-corrected chi connectivity index (χ2v) is 12.1. The minimum Gasteiger partial charge on any atom is -0.376 e. The van der Waals surface area contributed by atoms with Gasteiger partial charge in [-0.25, -0.2) is 0 Å². The zero-order valence-electron chi connectivity index (χ0n) is 24.3. The molecule has 1 unspecified atom stereocenters. The van der Waals surface area contributed by atoms with Crippen molar-refractivity contribution in [1.82, 2.24) is 0 Å². The van der Waals surface area contributed by atoms with Gasteiger partial charge >= 0.3 is 0 Å². The topological polar surface area (TPSA) is 73.8 Å². The maximum atomic E-state index is 6.16. The lowest BCUT2D eigenvalue weighted by Gasteiger charge is -2.54. The first-order valence-corrected chi connectivity index (χ1v) is 14.0. The molecule has 36 heavy (non-hydrogen) atoms. The lowest BCUT2D eigenvalue weighted by Crippen LogP contribution is -2.67.